The Morgan fingerprint density at radius 2 is 1.76 bits per heavy atom. The highest BCUT2D eigenvalue weighted by molar-refractivity contribution is 7.90. The van der Waals surface area contributed by atoms with Crippen LogP contribution in [0, 0.1) is 5.92 Å². The molecule has 2 aromatic carbocycles. The van der Waals surface area contributed by atoms with E-state index >= 15 is 0 Å². The van der Waals surface area contributed by atoms with Gasteiger partial charge in [0, 0.05) is 23.2 Å². The Bertz CT molecular complexity index is 1200. The fourth-order valence-electron chi connectivity index (χ4n) is 3.81. The first kappa shape index (κ1) is 25.0. The van der Waals surface area contributed by atoms with E-state index in [0.717, 1.165) is 0 Å². The van der Waals surface area contributed by atoms with Crippen molar-refractivity contribution in [3.63, 3.8) is 0 Å². The fourth-order valence-corrected chi connectivity index (χ4v) is 5.61. The van der Waals surface area contributed by atoms with E-state index in [4.69, 9.17) is 11.6 Å². The molecule has 0 fully saturated rings. The number of hydrogen-bond donors (Lipinski definition) is 0. The van der Waals surface area contributed by atoms with Gasteiger partial charge in [-0.3, -0.25) is 4.79 Å². The molecule has 0 aliphatic rings. The van der Waals surface area contributed by atoms with E-state index in [-0.39, 0.29) is 35.3 Å². The van der Waals surface area contributed by atoms with Crippen molar-refractivity contribution in [2.75, 3.05) is 6.54 Å². The lowest BCUT2D eigenvalue weighted by Gasteiger charge is -2.26. The van der Waals surface area contributed by atoms with E-state index < -0.39 is 9.84 Å². The number of nitrogens with zero attached hydrogens (tertiary/aromatic N) is 3. The third-order valence-electron chi connectivity index (χ3n) is 5.13. The van der Waals surface area contributed by atoms with E-state index in [9.17, 15) is 13.2 Å². The van der Waals surface area contributed by atoms with Gasteiger partial charge in [-0.05, 0) is 49.6 Å². The summed E-state index contributed by atoms with van der Waals surface area (Å²) < 4.78 is 28.2. The van der Waals surface area contributed by atoms with Gasteiger partial charge >= 0.3 is 0 Å². The molecular weight excluding hydrogens is 458 g/mol. The molecule has 0 saturated heterocycles. The summed E-state index contributed by atoms with van der Waals surface area (Å²) in [7, 11) is -3.73. The first-order valence-corrected chi connectivity index (χ1v) is 13.0. The van der Waals surface area contributed by atoms with Crippen LogP contribution in [0.1, 0.15) is 55.4 Å². The molecule has 0 bridgehead atoms. The Morgan fingerprint density at radius 1 is 1.06 bits per heavy atom. The molecule has 3 aromatic rings. The molecule has 0 N–H and O–H groups in total. The molecule has 3 rings (SSSR count). The summed E-state index contributed by atoms with van der Waals surface area (Å²) in [5, 5.41) is 0.489. The van der Waals surface area contributed by atoms with Gasteiger partial charge in [0.1, 0.15) is 0 Å². The third-order valence-corrected chi connectivity index (χ3v) is 6.93. The molecule has 0 aliphatic heterocycles. The monoisotopic (exact) mass is 487 g/mol. The minimum Gasteiger partial charge on any atom is -0.333 e. The van der Waals surface area contributed by atoms with Crippen molar-refractivity contribution in [1.82, 2.24) is 14.5 Å². The number of halogens is 1. The number of amides is 1. The van der Waals surface area contributed by atoms with Crippen LogP contribution in [0.3, 0.4) is 0 Å². The molecule has 0 atom stereocenters. The number of imidazole rings is 1. The standard InChI is InChI=1S/C25H30ClN3O3S/c1-18(2)15-28(24(30)21-10-6-5-7-11-21)16-23-14-27-25(29(23)19(3)4)33(31,32)17-20-9-8-12-22(26)13-20/h5-14,18-19H,15-17H2,1-4H3. The van der Waals surface area contributed by atoms with Crippen LogP contribution in [0.15, 0.2) is 66.0 Å². The van der Waals surface area contributed by atoms with E-state index in [1.165, 1.54) is 0 Å². The number of benzene rings is 2. The highest BCUT2D eigenvalue weighted by Crippen LogP contribution is 2.24. The average Bonchev–Trinajstić information content (AvgIpc) is 3.18. The molecule has 8 heteroatoms. The second kappa shape index (κ2) is 10.5. The van der Waals surface area contributed by atoms with Gasteiger partial charge in [-0.2, -0.15) is 0 Å². The van der Waals surface area contributed by atoms with Crippen LogP contribution in [-0.4, -0.2) is 35.3 Å². The number of sulfone groups is 1. The van der Waals surface area contributed by atoms with Crippen molar-refractivity contribution in [3.8, 4) is 0 Å². The Morgan fingerprint density at radius 3 is 2.36 bits per heavy atom. The normalized spacial score (nSPS) is 11.8. The Kier molecular flexibility index (Phi) is 7.97. The molecule has 0 radical (unpaired) electrons. The summed E-state index contributed by atoms with van der Waals surface area (Å²) in [6, 6.07) is 15.8. The third kappa shape index (κ3) is 6.24. The summed E-state index contributed by atoms with van der Waals surface area (Å²) in [4.78, 5) is 19.3. The van der Waals surface area contributed by atoms with Gasteiger partial charge in [0.05, 0.1) is 24.2 Å². The molecule has 0 spiro atoms. The Labute approximate surface area is 201 Å². The second-order valence-electron chi connectivity index (χ2n) is 8.83. The van der Waals surface area contributed by atoms with E-state index in [1.54, 1.807) is 52.1 Å². The van der Waals surface area contributed by atoms with Crippen LogP contribution >= 0.6 is 11.6 Å². The molecule has 176 valence electrons. The van der Waals surface area contributed by atoms with Crippen LogP contribution in [-0.2, 0) is 22.1 Å². The van der Waals surface area contributed by atoms with Crippen molar-refractivity contribution >= 4 is 27.3 Å². The smallest absolute Gasteiger partial charge is 0.254 e. The second-order valence-corrected chi connectivity index (χ2v) is 11.2. The van der Waals surface area contributed by atoms with Crippen molar-refractivity contribution in [2.24, 2.45) is 5.92 Å². The fraction of sp³-hybridized carbons (Fsp3) is 0.360. The highest BCUT2D eigenvalue weighted by Gasteiger charge is 2.27. The van der Waals surface area contributed by atoms with Crippen molar-refractivity contribution in [1.29, 1.82) is 0 Å². The topological polar surface area (TPSA) is 72.3 Å². The van der Waals surface area contributed by atoms with Crippen molar-refractivity contribution in [2.45, 2.75) is 51.2 Å². The summed E-state index contributed by atoms with van der Waals surface area (Å²) in [5.74, 6) is -0.0432. The average molecular weight is 488 g/mol. The zero-order valence-corrected chi connectivity index (χ0v) is 21.0. The van der Waals surface area contributed by atoms with Crippen LogP contribution in [0.25, 0.3) is 0 Å². The number of hydrogen-bond acceptors (Lipinski definition) is 4. The van der Waals surface area contributed by atoms with E-state index in [2.05, 4.69) is 4.98 Å². The van der Waals surface area contributed by atoms with Gasteiger partial charge in [-0.25, -0.2) is 13.4 Å². The first-order chi connectivity index (χ1) is 15.6. The lowest BCUT2D eigenvalue weighted by molar-refractivity contribution is 0.0717. The lowest BCUT2D eigenvalue weighted by atomic mass is 10.1. The van der Waals surface area contributed by atoms with E-state index in [0.29, 0.717) is 28.4 Å². The highest BCUT2D eigenvalue weighted by atomic mass is 35.5. The molecule has 6 nitrogen and oxygen atoms in total. The number of aromatic nitrogens is 2. The zero-order chi connectivity index (χ0) is 24.2. The molecule has 33 heavy (non-hydrogen) atoms. The Balaban J connectivity index is 1.95. The largest absolute Gasteiger partial charge is 0.333 e. The maximum atomic E-state index is 13.3. The summed E-state index contributed by atoms with van der Waals surface area (Å²) in [6.07, 6.45) is 1.57. The zero-order valence-electron chi connectivity index (χ0n) is 19.4. The first-order valence-electron chi connectivity index (χ1n) is 11.0. The van der Waals surface area contributed by atoms with E-state index in [1.807, 2.05) is 45.9 Å². The summed E-state index contributed by atoms with van der Waals surface area (Å²) in [5.41, 5.74) is 1.88. The van der Waals surface area contributed by atoms with Crippen molar-refractivity contribution < 1.29 is 13.2 Å². The summed E-state index contributed by atoms with van der Waals surface area (Å²) >= 11 is 6.03. The van der Waals surface area contributed by atoms with Gasteiger partial charge in [0.2, 0.25) is 15.0 Å². The van der Waals surface area contributed by atoms with Gasteiger partial charge < -0.3 is 9.47 Å². The summed E-state index contributed by atoms with van der Waals surface area (Å²) in [6.45, 7) is 8.73. The number of carbonyl (C=O) groups excluding carboxylic acids is 1. The number of rotatable bonds is 9. The van der Waals surface area contributed by atoms with Crippen molar-refractivity contribution in [3.05, 3.63) is 82.6 Å². The minimum absolute atomic E-state index is 0.00383. The molecule has 1 aromatic heterocycles. The molecular formula is C25H30ClN3O3S. The molecule has 1 heterocycles. The predicted molar refractivity (Wildman–Crippen MR) is 131 cm³/mol. The van der Waals surface area contributed by atoms with Crippen LogP contribution in [0.4, 0.5) is 0 Å². The molecule has 0 unspecified atom stereocenters. The van der Waals surface area contributed by atoms with Crippen LogP contribution < -0.4 is 0 Å². The molecule has 1 amide bonds. The van der Waals surface area contributed by atoms with Gasteiger partial charge in [-0.15, -0.1) is 0 Å². The number of carbonyl (C=O) groups is 1. The van der Waals surface area contributed by atoms with Crippen LogP contribution in [0.5, 0.6) is 0 Å². The minimum atomic E-state index is -3.73. The maximum absolute atomic E-state index is 13.3. The van der Waals surface area contributed by atoms with Gasteiger partial charge in [0.25, 0.3) is 5.91 Å². The Hall–Kier alpha value is -2.64. The maximum Gasteiger partial charge on any atom is 0.254 e. The van der Waals surface area contributed by atoms with Gasteiger partial charge in [-0.1, -0.05) is 55.8 Å². The molecule has 0 saturated carbocycles. The molecule has 0 aliphatic carbocycles. The van der Waals surface area contributed by atoms with Crippen LogP contribution in [0.2, 0.25) is 5.02 Å². The van der Waals surface area contributed by atoms with Gasteiger partial charge in [0.15, 0.2) is 0 Å². The lowest BCUT2D eigenvalue weighted by Crippen LogP contribution is -2.34. The quantitative estimate of drug-likeness (QED) is 0.405. The SMILES string of the molecule is CC(C)CN(Cc1cnc(S(=O)(=O)Cc2cccc(Cl)c2)n1C(C)C)C(=O)c1ccccc1. The predicted octanol–water partition coefficient (Wildman–Crippen LogP) is 5.39.